The molecule has 0 aliphatic carbocycles. The summed E-state index contributed by atoms with van der Waals surface area (Å²) in [5.74, 6) is 1.90. The summed E-state index contributed by atoms with van der Waals surface area (Å²) in [7, 11) is 0. The Bertz CT molecular complexity index is 817. The van der Waals surface area contributed by atoms with Crippen molar-refractivity contribution in [1.29, 1.82) is 0 Å². The standard InChI is InChI=1S/C18H22N4O5S2/c19-14-15(23)21-10-18(11-29-16(14)21,20-5-7-28-8-6-20)17(24)27-9-12-1-3-13(4-2-12)22(25)26/h1-4,14,16H,5-11,19H2/t14?,16-,18?/m1/s1. The van der Waals surface area contributed by atoms with Gasteiger partial charge in [0.25, 0.3) is 5.69 Å². The Morgan fingerprint density at radius 3 is 2.66 bits per heavy atom. The topological polar surface area (TPSA) is 119 Å². The van der Waals surface area contributed by atoms with Crippen LogP contribution in [-0.2, 0) is 20.9 Å². The molecular weight excluding hydrogens is 416 g/mol. The van der Waals surface area contributed by atoms with Crippen LogP contribution in [-0.4, -0.2) is 80.4 Å². The first kappa shape index (κ1) is 20.5. The van der Waals surface area contributed by atoms with Crippen molar-refractivity contribution in [3.05, 3.63) is 39.9 Å². The molecule has 1 aromatic rings. The minimum absolute atomic E-state index is 0.00952. The van der Waals surface area contributed by atoms with E-state index in [1.807, 2.05) is 11.8 Å². The van der Waals surface area contributed by atoms with Crippen molar-refractivity contribution < 1.29 is 19.2 Å². The van der Waals surface area contributed by atoms with E-state index < -0.39 is 16.5 Å². The predicted octanol–water partition coefficient (Wildman–Crippen LogP) is 0.668. The van der Waals surface area contributed by atoms with Crippen molar-refractivity contribution in [1.82, 2.24) is 9.80 Å². The van der Waals surface area contributed by atoms with E-state index in [9.17, 15) is 19.7 Å². The van der Waals surface area contributed by atoms with Crippen molar-refractivity contribution in [3.63, 3.8) is 0 Å². The van der Waals surface area contributed by atoms with Crippen LogP contribution in [0.1, 0.15) is 5.56 Å². The monoisotopic (exact) mass is 438 g/mol. The molecule has 9 nitrogen and oxygen atoms in total. The number of carbonyl (C=O) groups excluding carboxylic acids is 2. The minimum Gasteiger partial charge on any atom is -0.459 e. The average molecular weight is 439 g/mol. The highest BCUT2D eigenvalue weighted by molar-refractivity contribution is 8.00. The van der Waals surface area contributed by atoms with Crippen LogP contribution in [0, 0.1) is 10.1 Å². The molecule has 3 heterocycles. The number of nitrogens with zero attached hydrogens (tertiary/aromatic N) is 3. The zero-order valence-corrected chi connectivity index (χ0v) is 17.3. The third-order valence-corrected chi connectivity index (χ3v) is 8.10. The molecule has 4 rings (SSSR count). The van der Waals surface area contributed by atoms with Crippen molar-refractivity contribution in [3.8, 4) is 0 Å². The Morgan fingerprint density at radius 2 is 2.00 bits per heavy atom. The van der Waals surface area contributed by atoms with E-state index in [1.54, 1.807) is 17.0 Å². The Balaban J connectivity index is 1.49. The fourth-order valence-corrected chi connectivity index (χ4v) is 6.32. The number of nitro benzene ring substituents is 1. The van der Waals surface area contributed by atoms with Gasteiger partial charge in [0.05, 0.1) is 11.5 Å². The summed E-state index contributed by atoms with van der Waals surface area (Å²) in [5, 5.41) is 10.7. The number of rotatable bonds is 5. The van der Waals surface area contributed by atoms with E-state index in [0.29, 0.717) is 17.9 Å². The molecule has 0 saturated carbocycles. The van der Waals surface area contributed by atoms with Gasteiger partial charge in [0.1, 0.15) is 23.6 Å². The van der Waals surface area contributed by atoms with E-state index in [-0.39, 0.29) is 29.5 Å². The Morgan fingerprint density at radius 1 is 1.31 bits per heavy atom. The van der Waals surface area contributed by atoms with Gasteiger partial charge in [-0.3, -0.25) is 19.8 Å². The predicted molar refractivity (Wildman–Crippen MR) is 110 cm³/mol. The summed E-state index contributed by atoms with van der Waals surface area (Å²) in [6.45, 7) is 1.84. The molecule has 3 saturated heterocycles. The van der Waals surface area contributed by atoms with Gasteiger partial charge >= 0.3 is 5.97 Å². The molecular formula is C18H22N4O5S2. The number of amides is 1. The third kappa shape index (κ3) is 3.72. The van der Waals surface area contributed by atoms with Crippen molar-refractivity contribution in [2.24, 2.45) is 5.73 Å². The summed E-state index contributed by atoms with van der Waals surface area (Å²) in [6, 6.07) is 5.45. The minimum atomic E-state index is -0.890. The number of non-ortho nitro benzene ring substituents is 1. The van der Waals surface area contributed by atoms with E-state index in [0.717, 1.165) is 24.6 Å². The number of hydrogen-bond acceptors (Lipinski definition) is 9. The maximum atomic E-state index is 13.3. The van der Waals surface area contributed by atoms with E-state index in [2.05, 4.69) is 4.90 Å². The van der Waals surface area contributed by atoms with Crippen LogP contribution in [0.25, 0.3) is 0 Å². The highest BCUT2D eigenvalue weighted by Crippen LogP contribution is 2.41. The van der Waals surface area contributed by atoms with Crippen LogP contribution in [0.15, 0.2) is 24.3 Å². The molecule has 0 radical (unpaired) electrons. The third-order valence-electron chi connectivity index (χ3n) is 5.62. The molecule has 3 atom stereocenters. The molecule has 2 N–H and O–H groups in total. The largest absolute Gasteiger partial charge is 0.459 e. The average Bonchev–Trinajstić information content (AvgIpc) is 2.77. The van der Waals surface area contributed by atoms with Gasteiger partial charge in [0, 0.05) is 42.5 Å². The molecule has 0 spiro atoms. The zero-order valence-electron chi connectivity index (χ0n) is 15.7. The SMILES string of the molecule is NC1C(=O)N2CC(C(=O)OCc3ccc([N+](=O)[O-])cc3)(N3CCSCC3)CS[C@H]12. The summed E-state index contributed by atoms with van der Waals surface area (Å²) >= 11 is 3.38. The molecule has 156 valence electrons. The second-order valence-corrected chi connectivity index (χ2v) is 9.65. The molecule has 3 aliphatic heterocycles. The second-order valence-electron chi connectivity index (χ2n) is 7.32. The number of ether oxygens (including phenoxy) is 1. The Labute approximate surface area is 176 Å². The number of nitro groups is 1. The summed E-state index contributed by atoms with van der Waals surface area (Å²) in [4.78, 5) is 39.6. The summed E-state index contributed by atoms with van der Waals surface area (Å²) < 4.78 is 5.65. The molecule has 0 aromatic heterocycles. The van der Waals surface area contributed by atoms with Gasteiger partial charge in [-0.2, -0.15) is 11.8 Å². The molecule has 1 amide bonds. The van der Waals surface area contributed by atoms with Gasteiger partial charge in [-0.25, -0.2) is 4.79 Å². The molecule has 1 aromatic carbocycles. The van der Waals surface area contributed by atoms with Crippen LogP contribution in [0.4, 0.5) is 5.69 Å². The summed E-state index contributed by atoms with van der Waals surface area (Å²) in [6.07, 6.45) is 0. The second kappa shape index (κ2) is 8.13. The molecule has 3 aliphatic rings. The van der Waals surface area contributed by atoms with Gasteiger partial charge in [-0.05, 0) is 17.7 Å². The van der Waals surface area contributed by atoms with Gasteiger partial charge in [0.15, 0.2) is 0 Å². The van der Waals surface area contributed by atoms with Crippen molar-refractivity contribution in [2.75, 3.05) is 36.9 Å². The lowest BCUT2D eigenvalue weighted by molar-refractivity contribution is -0.384. The van der Waals surface area contributed by atoms with Crippen LogP contribution >= 0.6 is 23.5 Å². The smallest absolute Gasteiger partial charge is 0.329 e. The Hall–Kier alpha value is -1.82. The van der Waals surface area contributed by atoms with Gasteiger partial charge in [0.2, 0.25) is 5.91 Å². The van der Waals surface area contributed by atoms with Gasteiger partial charge in [-0.15, -0.1) is 11.8 Å². The number of hydrogen-bond donors (Lipinski definition) is 1. The fourth-order valence-electron chi connectivity index (χ4n) is 3.90. The number of nitrogens with two attached hydrogens (primary N) is 1. The maximum Gasteiger partial charge on any atom is 0.329 e. The van der Waals surface area contributed by atoms with Crippen LogP contribution in [0.3, 0.4) is 0 Å². The first-order valence-corrected chi connectivity index (χ1v) is 11.5. The first-order chi connectivity index (χ1) is 13.9. The van der Waals surface area contributed by atoms with Crippen LogP contribution in [0.5, 0.6) is 0 Å². The van der Waals surface area contributed by atoms with Crippen molar-refractivity contribution >= 4 is 41.1 Å². The lowest BCUT2D eigenvalue weighted by Crippen LogP contribution is -2.77. The number of fused-ring (bicyclic) bond motifs is 1. The number of benzene rings is 1. The molecule has 11 heteroatoms. The number of esters is 1. The zero-order chi connectivity index (χ0) is 20.6. The van der Waals surface area contributed by atoms with Gasteiger partial charge < -0.3 is 15.4 Å². The first-order valence-electron chi connectivity index (χ1n) is 9.33. The maximum absolute atomic E-state index is 13.3. The number of thioether (sulfide) groups is 2. The number of β-lactam (4-membered cyclic amide) rings is 1. The molecule has 3 fully saturated rings. The molecule has 2 unspecified atom stereocenters. The molecule has 29 heavy (non-hydrogen) atoms. The lowest BCUT2D eigenvalue weighted by Gasteiger charge is -2.56. The Kier molecular flexibility index (Phi) is 5.74. The highest BCUT2D eigenvalue weighted by atomic mass is 32.2. The van der Waals surface area contributed by atoms with Crippen LogP contribution in [0.2, 0.25) is 0 Å². The molecule has 0 bridgehead atoms. The van der Waals surface area contributed by atoms with E-state index in [4.69, 9.17) is 10.5 Å². The normalized spacial score (nSPS) is 29.7. The van der Waals surface area contributed by atoms with Gasteiger partial charge in [-0.1, -0.05) is 0 Å². The number of carbonyl (C=O) groups is 2. The quantitative estimate of drug-likeness (QED) is 0.306. The van der Waals surface area contributed by atoms with Crippen molar-refractivity contribution in [2.45, 2.75) is 23.6 Å². The van der Waals surface area contributed by atoms with E-state index >= 15 is 0 Å². The lowest BCUT2D eigenvalue weighted by atomic mass is 9.94. The summed E-state index contributed by atoms with van der Waals surface area (Å²) in [5.41, 5.74) is 5.67. The van der Waals surface area contributed by atoms with Crippen LogP contribution < -0.4 is 5.73 Å². The van der Waals surface area contributed by atoms with E-state index in [1.165, 1.54) is 23.9 Å². The fraction of sp³-hybridized carbons (Fsp3) is 0.556. The highest BCUT2D eigenvalue weighted by Gasteiger charge is 2.58.